The number of hydrogen-bond acceptors (Lipinski definition) is 3. The summed E-state index contributed by atoms with van der Waals surface area (Å²) in [7, 11) is 0. The molecule has 4 nitrogen and oxygen atoms in total. The molecule has 1 aromatic rings. The second kappa shape index (κ2) is 6.65. The van der Waals surface area contributed by atoms with E-state index in [4.69, 9.17) is 4.42 Å². The molecule has 1 aromatic heterocycles. The first-order chi connectivity index (χ1) is 10.3. The molecular formula is C17H25NO3. The van der Waals surface area contributed by atoms with Crippen LogP contribution in [0.2, 0.25) is 0 Å². The van der Waals surface area contributed by atoms with Crippen molar-refractivity contribution in [3.8, 4) is 0 Å². The van der Waals surface area contributed by atoms with Gasteiger partial charge in [0.05, 0.1) is 18.6 Å². The molecule has 3 rings (SSSR count). The Morgan fingerprint density at radius 2 is 2.14 bits per heavy atom. The Labute approximate surface area is 126 Å². The molecule has 0 spiro atoms. The number of carbonyl (C=O) groups excluding carboxylic acids is 1. The Balaban J connectivity index is 1.59. The van der Waals surface area contributed by atoms with Crippen LogP contribution in [-0.4, -0.2) is 34.6 Å². The highest BCUT2D eigenvalue weighted by Crippen LogP contribution is 2.35. The minimum Gasteiger partial charge on any atom is -0.472 e. The summed E-state index contributed by atoms with van der Waals surface area (Å²) in [4.78, 5) is 14.6. The van der Waals surface area contributed by atoms with Gasteiger partial charge in [0.1, 0.15) is 0 Å². The lowest BCUT2D eigenvalue weighted by molar-refractivity contribution is -0.134. The van der Waals surface area contributed by atoms with Gasteiger partial charge < -0.3 is 14.4 Å². The third-order valence-electron chi connectivity index (χ3n) is 5.10. The summed E-state index contributed by atoms with van der Waals surface area (Å²) in [5, 5.41) is 10.3. The third-order valence-corrected chi connectivity index (χ3v) is 5.10. The molecule has 2 heterocycles. The number of aliphatic hydroxyl groups excluding tert-OH is 1. The Bertz CT molecular complexity index is 457. The normalized spacial score (nSPS) is 29.8. The van der Waals surface area contributed by atoms with Gasteiger partial charge in [0.15, 0.2) is 0 Å². The lowest BCUT2D eigenvalue weighted by Crippen LogP contribution is -2.45. The first kappa shape index (κ1) is 14.6. The molecule has 1 amide bonds. The first-order valence-electron chi connectivity index (χ1n) is 8.24. The largest absolute Gasteiger partial charge is 0.472 e. The molecule has 0 unspecified atom stereocenters. The summed E-state index contributed by atoms with van der Waals surface area (Å²) >= 11 is 0. The summed E-state index contributed by atoms with van der Waals surface area (Å²) in [6, 6.07) is 2.18. The van der Waals surface area contributed by atoms with Gasteiger partial charge in [0, 0.05) is 24.9 Å². The quantitative estimate of drug-likeness (QED) is 0.928. The molecule has 2 fully saturated rings. The van der Waals surface area contributed by atoms with Gasteiger partial charge in [-0.15, -0.1) is 0 Å². The summed E-state index contributed by atoms with van der Waals surface area (Å²) in [5.41, 5.74) is 1.08. The van der Waals surface area contributed by atoms with Gasteiger partial charge in [0.2, 0.25) is 5.91 Å². The maximum absolute atomic E-state index is 12.5. The Kier molecular flexibility index (Phi) is 4.63. The fraction of sp³-hybridized carbons (Fsp3) is 0.706. The molecule has 1 aliphatic heterocycles. The van der Waals surface area contributed by atoms with Gasteiger partial charge in [0.25, 0.3) is 0 Å². The van der Waals surface area contributed by atoms with E-state index >= 15 is 0 Å². The maximum atomic E-state index is 12.5. The number of nitrogens with zero attached hydrogens (tertiary/aromatic N) is 1. The predicted octanol–water partition coefficient (Wildman–Crippen LogP) is 2.75. The molecule has 3 atom stereocenters. The number of furan rings is 1. The SMILES string of the molecule is O=C(CCc1ccoc1)N1CCC[C@@H]1[C@H]1CCCC[C@H]1O. The van der Waals surface area contributed by atoms with Crippen molar-refractivity contribution in [1.82, 2.24) is 4.90 Å². The van der Waals surface area contributed by atoms with Gasteiger partial charge in [-0.05, 0) is 43.7 Å². The smallest absolute Gasteiger partial charge is 0.223 e. The van der Waals surface area contributed by atoms with E-state index in [1.807, 2.05) is 11.0 Å². The molecule has 1 saturated carbocycles. The minimum atomic E-state index is -0.217. The van der Waals surface area contributed by atoms with Gasteiger partial charge in [-0.1, -0.05) is 12.8 Å². The lowest BCUT2D eigenvalue weighted by atomic mass is 9.80. The molecule has 0 radical (unpaired) electrons. The molecule has 4 heteroatoms. The number of rotatable bonds is 4. The zero-order valence-electron chi connectivity index (χ0n) is 12.5. The van der Waals surface area contributed by atoms with Crippen molar-refractivity contribution in [2.45, 2.75) is 63.5 Å². The highest BCUT2D eigenvalue weighted by atomic mass is 16.3. The highest BCUT2D eigenvalue weighted by Gasteiger charge is 2.38. The molecule has 2 aliphatic rings. The number of amides is 1. The van der Waals surface area contributed by atoms with Crippen molar-refractivity contribution in [2.24, 2.45) is 5.92 Å². The topological polar surface area (TPSA) is 53.7 Å². The van der Waals surface area contributed by atoms with Crippen molar-refractivity contribution < 1.29 is 14.3 Å². The summed E-state index contributed by atoms with van der Waals surface area (Å²) in [6.45, 7) is 0.859. The van der Waals surface area contributed by atoms with Gasteiger partial charge >= 0.3 is 0 Å². The van der Waals surface area contributed by atoms with Crippen LogP contribution in [0, 0.1) is 5.92 Å². The number of hydrogen-bond donors (Lipinski definition) is 1. The second-order valence-electron chi connectivity index (χ2n) is 6.44. The molecule has 1 saturated heterocycles. The summed E-state index contributed by atoms with van der Waals surface area (Å²) in [5.74, 6) is 0.524. The second-order valence-corrected chi connectivity index (χ2v) is 6.44. The maximum Gasteiger partial charge on any atom is 0.223 e. The predicted molar refractivity (Wildman–Crippen MR) is 79.7 cm³/mol. The van der Waals surface area contributed by atoms with Crippen LogP contribution in [0.5, 0.6) is 0 Å². The standard InChI is InChI=1S/C17H25NO3/c19-16-6-2-1-4-14(16)15-5-3-10-18(15)17(20)8-7-13-9-11-21-12-13/h9,11-12,14-16,19H,1-8,10H2/t14-,15-,16-/m1/s1. The van der Waals surface area contributed by atoms with Crippen LogP contribution < -0.4 is 0 Å². The number of carbonyl (C=O) groups is 1. The Morgan fingerprint density at radius 3 is 2.90 bits per heavy atom. The number of aryl methyl sites for hydroxylation is 1. The molecule has 116 valence electrons. The van der Waals surface area contributed by atoms with E-state index in [9.17, 15) is 9.90 Å². The first-order valence-corrected chi connectivity index (χ1v) is 8.24. The average Bonchev–Trinajstić information content (AvgIpc) is 3.16. The molecule has 0 bridgehead atoms. The van der Waals surface area contributed by atoms with Crippen molar-refractivity contribution in [3.63, 3.8) is 0 Å². The summed E-state index contributed by atoms with van der Waals surface area (Å²) in [6.07, 6.45) is 10.8. The van der Waals surface area contributed by atoms with Crippen LogP contribution in [0.3, 0.4) is 0 Å². The van der Waals surface area contributed by atoms with Crippen molar-refractivity contribution in [2.75, 3.05) is 6.54 Å². The number of aliphatic hydroxyl groups is 1. The van der Waals surface area contributed by atoms with E-state index in [0.717, 1.165) is 50.6 Å². The molecule has 1 aliphatic carbocycles. The van der Waals surface area contributed by atoms with E-state index in [-0.39, 0.29) is 18.1 Å². The zero-order chi connectivity index (χ0) is 14.7. The summed E-state index contributed by atoms with van der Waals surface area (Å²) < 4.78 is 5.04. The van der Waals surface area contributed by atoms with Crippen LogP contribution >= 0.6 is 0 Å². The Morgan fingerprint density at radius 1 is 1.29 bits per heavy atom. The van der Waals surface area contributed by atoms with Crippen molar-refractivity contribution >= 4 is 5.91 Å². The van der Waals surface area contributed by atoms with E-state index in [1.165, 1.54) is 6.42 Å². The Hall–Kier alpha value is -1.29. The van der Waals surface area contributed by atoms with E-state index in [0.29, 0.717) is 12.3 Å². The van der Waals surface area contributed by atoms with Gasteiger partial charge in [-0.2, -0.15) is 0 Å². The lowest BCUT2D eigenvalue weighted by Gasteiger charge is -2.37. The average molecular weight is 291 g/mol. The number of likely N-dealkylation sites (tertiary alicyclic amines) is 1. The van der Waals surface area contributed by atoms with Gasteiger partial charge in [-0.25, -0.2) is 0 Å². The van der Waals surface area contributed by atoms with Crippen LogP contribution in [-0.2, 0) is 11.2 Å². The van der Waals surface area contributed by atoms with Crippen LogP contribution in [0.1, 0.15) is 50.5 Å². The minimum absolute atomic E-state index is 0.217. The van der Waals surface area contributed by atoms with E-state index in [2.05, 4.69) is 0 Å². The third kappa shape index (κ3) is 3.31. The van der Waals surface area contributed by atoms with E-state index in [1.54, 1.807) is 12.5 Å². The molecule has 0 aromatic carbocycles. The van der Waals surface area contributed by atoms with Crippen LogP contribution in [0.15, 0.2) is 23.0 Å². The van der Waals surface area contributed by atoms with Crippen molar-refractivity contribution in [3.05, 3.63) is 24.2 Å². The van der Waals surface area contributed by atoms with Crippen molar-refractivity contribution in [1.29, 1.82) is 0 Å². The fourth-order valence-electron chi connectivity index (χ4n) is 3.97. The molecule has 1 N–H and O–H groups in total. The molecular weight excluding hydrogens is 266 g/mol. The van der Waals surface area contributed by atoms with Gasteiger partial charge in [-0.3, -0.25) is 4.79 Å². The van der Waals surface area contributed by atoms with Crippen LogP contribution in [0.25, 0.3) is 0 Å². The van der Waals surface area contributed by atoms with Crippen LogP contribution in [0.4, 0.5) is 0 Å². The molecule has 21 heavy (non-hydrogen) atoms. The zero-order valence-corrected chi connectivity index (χ0v) is 12.5. The van der Waals surface area contributed by atoms with E-state index < -0.39 is 0 Å². The monoisotopic (exact) mass is 291 g/mol. The fourth-order valence-corrected chi connectivity index (χ4v) is 3.97. The highest BCUT2D eigenvalue weighted by molar-refractivity contribution is 5.77.